The monoisotopic (exact) mass is 410 g/mol. The van der Waals surface area contributed by atoms with Crippen LogP contribution in [0.5, 0.6) is 0 Å². The summed E-state index contributed by atoms with van der Waals surface area (Å²) in [5.74, 6) is -0.384. The fourth-order valence-corrected chi connectivity index (χ4v) is 3.88. The number of hydrogen-bond acceptors (Lipinski definition) is 4. The lowest BCUT2D eigenvalue weighted by atomic mass is 10.1. The predicted octanol–water partition coefficient (Wildman–Crippen LogP) is 4.84. The Bertz CT molecular complexity index is 1350. The molecule has 4 aromatic rings. The molecule has 0 spiro atoms. The van der Waals surface area contributed by atoms with Crippen LogP contribution in [-0.2, 0) is 11.3 Å². The van der Waals surface area contributed by atoms with Crippen LogP contribution >= 0.6 is 0 Å². The van der Waals surface area contributed by atoms with Crippen molar-refractivity contribution in [3.8, 4) is 11.8 Å². The van der Waals surface area contributed by atoms with Crippen LogP contribution < -0.4 is 0 Å². The van der Waals surface area contributed by atoms with E-state index in [2.05, 4.69) is 11.1 Å². The van der Waals surface area contributed by atoms with E-state index in [0.717, 1.165) is 33.7 Å². The molecule has 31 heavy (non-hydrogen) atoms. The lowest BCUT2D eigenvalue weighted by molar-refractivity contribution is 0.0600. The van der Waals surface area contributed by atoms with E-state index in [4.69, 9.17) is 4.74 Å². The second kappa shape index (κ2) is 8.33. The molecule has 0 aliphatic heterocycles. The number of rotatable bonds is 5. The molecule has 0 aliphatic rings. The van der Waals surface area contributed by atoms with Crippen LogP contribution in [0.25, 0.3) is 22.8 Å². The molecule has 2 aromatic carbocycles. The van der Waals surface area contributed by atoms with Crippen LogP contribution in [0.1, 0.15) is 27.3 Å². The number of esters is 1. The van der Waals surface area contributed by atoms with Gasteiger partial charge >= 0.3 is 5.97 Å². The third kappa shape index (κ3) is 3.74. The first-order chi connectivity index (χ1) is 15.0. The lowest BCUT2D eigenvalue weighted by Crippen LogP contribution is -2.09. The Morgan fingerprint density at radius 2 is 1.90 bits per heavy atom. The summed E-state index contributed by atoms with van der Waals surface area (Å²) in [5, 5.41) is 9.77. The Kier molecular flexibility index (Phi) is 5.42. The van der Waals surface area contributed by atoms with E-state index >= 15 is 0 Å². The Balaban J connectivity index is 1.74. The van der Waals surface area contributed by atoms with Gasteiger partial charge in [0, 0.05) is 17.0 Å². The molecule has 6 nitrogen and oxygen atoms in total. The molecule has 0 saturated heterocycles. The molecule has 0 atom stereocenters. The first-order valence-electron chi connectivity index (χ1n) is 9.90. The Hall–Kier alpha value is -4.11. The number of benzene rings is 2. The van der Waals surface area contributed by atoms with Crippen molar-refractivity contribution >= 4 is 23.1 Å². The van der Waals surface area contributed by atoms with E-state index < -0.39 is 0 Å². The van der Waals surface area contributed by atoms with Crippen molar-refractivity contribution in [3.05, 3.63) is 89.0 Å². The average Bonchev–Trinajstić information content (AvgIpc) is 3.32. The number of nitrogens with zero attached hydrogens (tertiary/aromatic N) is 4. The van der Waals surface area contributed by atoms with Crippen LogP contribution in [0.2, 0.25) is 0 Å². The van der Waals surface area contributed by atoms with Crippen LogP contribution in [-0.4, -0.2) is 27.2 Å². The molecule has 0 N–H and O–H groups in total. The number of carbonyl (C=O) groups excluding carboxylic acids is 1. The first-order valence-corrected chi connectivity index (χ1v) is 9.90. The summed E-state index contributed by atoms with van der Waals surface area (Å²) in [7, 11) is 1.38. The molecule has 0 saturated carbocycles. The fourth-order valence-electron chi connectivity index (χ4n) is 3.88. The van der Waals surface area contributed by atoms with Gasteiger partial charge in [-0.1, -0.05) is 24.3 Å². The molecule has 0 unspecified atom stereocenters. The minimum Gasteiger partial charge on any atom is -0.465 e. The molecular formula is C25H22N4O2. The maximum Gasteiger partial charge on any atom is 0.339 e. The number of hydrogen-bond donors (Lipinski definition) is 0. The van der Waals surface area contributed by atoms with Gasteiger partial charge in [-0.2, -0.15) is 5.26 Å². The minimum absolute atomic E-state index is 0.384. The Labute approximate surface area is 180 Å². The van der Waals surface area contributed by atoms with Gasteiger partial charge in [0.25, 0.3) is 0 Å². The topological polar surface area (TPSA) is 72.8 Å². The number of allylic oxidation sites excluding steroid dienone is 1. The summed E-state index contributed by atoms with van der Waals surface area (Å²) in [6.07, 6.45) is 3.65. The van der Waals surface area contributed by atoms with Crippen molar-refractivity contribution in [1.82, 2.24) is 14.1 Å². The quantitative estimate of drug-likeness (QED) is 0.349. The standard InChI is InChI=1S/C25H22N4O2/c1-17-12-20(18(2)29(17)23-10-6-4-8-21(23)25(30)31-3)13-19(14-26)15-28-16-27-22-9-5-7-11-24(22)28/h4-13,16H,15H2,1-3H3/b19-13-. The number of methoxy groups -OCH3 is 1. The highest BCUT2D eigenvalue weighted by Gasteiger charge is 2.17. The molecule has 0 amide bonds. The number of para-hydroxylation sites is 3. The van der Waals surface area contributed by atoms with Crippen LogP contribution in [0.3, 0.4) is 0 Å². The number of aromatic nitrogens is 3. The molecule has 2 aromatic heterocycles. The van der Waals surface area contributed by atoms with Gasteiger partial charge in [0.15, 0.2) is 0 Å². The summed E-state index contributed by atoms with van der Waals surface area (Å²) in [6.45, 7) is 4.39. The van der Waals surface area contributed by atoms with Gasteiger partial charge in [0.2, 0.25) is 0 Å². The molecule has 0 fully saturated rings. The minimum atomic E-state index is -0.384. The lowest BCUT2D eigenvalue weighted by Gasteiger charge is -2.13. The number of aryl methyl sites for hydroxylation is 1. The number of imidazole rings is 1. The zero-order chi connectivity index (χ0) is 22.0. The Morgan fingerprint density at radius 1 is 1.16 bits per heavy atom. The molecule has 4 rings (SSSR count). The second-order valence-corrected chi connectivity index (χ2v) is 7.31. The summed E-state index contributed by atoms with van der Waals surface area (Å²) in [4.78, 5) is 16.6. The normalized spacial score (nSPS) is 11.5. The van der Waals surface area contributed by atoms with E-state index in [9.17, 15) is 10.1 Å². The summed E-state index contributed by atoms with van der Waals surface area (Å²) >= 11 is 0. The van der Waals surface area contributed by atoms with Crippen molar-refractivity contribution in [1.29, 1.82) is 5.26 Å². The highest BCUT2D eigenvalue weighted by atomic mass is 16.5. The molecule has 0 aliphatic carbocycles. The summed E-state index contributed by atoms with van der Waals surface area (Å²) in [6, 6.07) is 19.5. The molecule has 0 radical (unpaired) electrons. The number of ether oxygens (including phenoxy) is 1. The van der Waals surface area contributed by atoms with Crippen LogP contribution in [0.15, 0.2) is 66.5 Å². The van der Waals surface area contributed by atoms with Crippen molar-refractivity contribution in [2.45, 2.75) is 20.4 Å². The zero-order valence-corrected chi connectivity index (χ0v) is 17.7. The van der Waals surface area contributed by atoms with Crippen molar-refractivity contribution in [2.24, 2.45) is 0 Å². The third-order valence-electron chi connectivity index (χ3n) is 5.36. The van der Waals surface area contributed by atoms with Crippen LogP contribution in [0.4, 0.5) is 0 Å². The van der Waals surface area contributed by atoms with Gasteiger partial charge in [-0.15, -0.1) is 0 Å². The zero-order valence-electron chi connectivity index (χ0n) is 17.7. The SMILES string of the molecule is COC(=O)c1ccccc1-n1c(C)cc(/C=C(/C#N)Cn2cnc3ccccc32)c1C. The van der Waals surface area contributed by atoms with Crippen molar-refractivity contribution in [3.63, 3.8) is 0 Å². The fraction of sp³-hybridized carbons (Fsp3) is 0.160. The largest absolute Gasteiger partial charge is 0.465 e. The summed E-state index contributed by atoms with van der Waals surface area (Å²) < 4.78 is 8.93. The number of fused-ring (bicyclic) bond motifs is 1. The van der Waals surface area contributed by atoms with Gasteiger partial charge in [-0.25, -0.2) is 9.78 Å². The molecule has 2 heterocycles. The molecule has 0 bridgehead atoms. The van der Waals surface area contributed by atoms with Crippen molar-refractivity contribution < 1.29 is 9.53 Å². The molecule has 154 valence electrons. The van der Waals surface area contributed by atoms with Gasteiger partial charge in [0.1, 0.15) is 0 Å². The van der Waals surface area contributed by atoms with Gasteiger partial charge < -0.3 is 13.9 Å². The maximum atomic E-state index is 12.2. The van der Waals surface area contributed by atoms with Gasteiger partial charge in [-0.05, 0) is 55.8 Å². The maximum absolute atomic E-state index is 12.2. The summed E-state index contributed by atoms with van der Waals surface area (Å²) in [5.41, 5.74) is 6.58. The van der Waals surface area contributed by atoms with E-state index in [0.29, 0.717) is 17.7 Å². The van der Waals surface area contributed by atoms with E-state index in [1.165, 1.54) is 7.11 Å². The Morgan fingerprint density at radius 3 is 2.68 bits per heavy atom. The van der Waals surface area contributed by atoms with Crippen molar-refractivity contribution in [2.75, 3.05) is 7.11 Å². The smallest absolute Gasteiger partial charge is 0.339 e. The second-order valence-electron chi connectivity index (χ2n) is 7.31. The van der Waals surface area contributed by atoms with E-state index in [1.54, 1.807) is 12.4 Å². The van der Waals surface area contributed by atoms with Gasteiger partial charge in [0.05, 0.1) is 48.3 Å². The average molecular weight is 410 g/mol. The van der Waals surface area contributed by atoms with E-state index in [-0.39, 0.29) is 5.97 Å². The number of nitriles is 1. The molecular weight excluding hydrogens is 388 g/mol. The van der Waals surface area contributed by atoms with Gasteiger partial charge in [-0.3, -0.25) is 0 Å². The highest BCUT2D eigenvalue weighted by molar-refractivity contribution is 5.93. The first kappa shape index (κ1) is 20.2. The highest BCUT2D eigenvalue weighted by Crippen LogP contribution is 2.26. The predicted molar refractivity (Wildman–Crippen MR) is 120 cm³/mol. The number of carbonyl (C=O) groups is 1. The third-order valence-corrected chi connectivity index (χ3v) is 5.36. The van der Waals surface area contributed by atoms with E-state index in [1.807, 2.05) is 77.6 Å². The molecule has 6 heteroatoms. The van der Waals surface area contributed by atoms with Crippen LogP contribution in [0, 0.1) is 25.2 Å².